The molecule has 26 heavy (non-hydrogen) atoms. The molecule has 1 atom stereocenters. The number of aliphatic hydroxyl groups excluding tert-OH is 1. The van der Waals surface area contributed by atoms with Crippen molar-refractivity contribution in [2.75, 3.05) is 19.8 Å². The fourth-order valence-corrected chi connectivity index (χ4v) is 4.14. The van der Waals surface area contributed by atoms with Gasteiger partial charge in [0.1, 0.15) is 18.0 Å². The smallest absolute Gasteiger partial charge is 0.410 e. The summed E-state index contributed by atoms with van der Waals surface area (Å²) in [5.41, 5.74) is 1.21. The van der Waals surface area contributed by atoms with Crippen molar-refractivity contribution >= 4 is 6.09 Å². The summed E-state index contributed by atoms with van der Waals surface area (Å²) in [7, 11) is 0. The van der Waals surface area contributed by atoms with E-state index in [0.717, 1.165) is 37.0 Å². The maximum Gasteiger partial charge on any atom is 0.410 e. The van der Waals surface area contributed by atoms with Crippen LogP contribution in [0.5, 0.6) is 5.75 Å². The van der Waals surface area contributed by atoms with Gasteiger partial charge in [-0.2, -0.15) is 0 Å². The van der Waals surface area contributed by atoms with Crippen LogP contribution in [0.1, 0.15) is 45.6 Å². The highest BCUT2D eigenvalue weighted by Gasteiger charge is 2.81. The Morgan fingerprint density at radius 1 is 1.35 bits per heavy atom. The fraction of sp³-hybridized carbons (Fsp3) is 0.700. The van der Waals surface area contributed by atoms with Gasteiger partial charge in [-0.3, -0.25) is 4.98 Å². The molecule has 3 aliphatic rings. The standard InChI is InChI=1S/C20H28N2O4/c1-18(2,3)26-17(24)22-5-4-15(22)10-25-16-6-14(8-21-9-16)7-19-11-20(19,12-19)13-23/h6,8-9,15,23H,4-5,7,10-13H2,1-3H3/t15-,19?,20?/m0/s1. The summed E-state index contributed by atoms with van der Waals surface area (Å²) < 4.78 is 11.3. The number of ether oxygens (including phenoxy) is 2. The van der Waals surface area contributed by atoms with Crippen LogP contribution < -0.4 is 4.74 Å². The number of fused-ring (bicyclic) bond motifs is 1. The molecule has 142 valence electrons. The van der Waals surface area contributed by atoms with E-state index in [9.17, 15) is 9.90 Å². The van der Waals surface area contributed by atoms with Gasteiger partial charge >= 0.3 is 6.09 Å². The summed E-state index contributed by atoms with van der Waals surface area (Å²) in [4.78, 5) is 18.2. The van der Waals surface area contributed by atoms with E-state index in [0.29, 0.717) is 25.2 Å². The van der Waals surface area contributed by atoms with Crippen molar-refractivity contribution in [1.82, 2.24) is 9.88 Å². The summed E-state index contributed by atoms with van der Waals surface area (Å²) in [5.74, 6) is 0.742. The number of aliphatic hydroxyl groups is 1. The summed E-state index contributed by atoms with van der Waals surface area (Å²) in [6, 6.07) is 2.10. The first kappa shape index (κ1) is 17.6. The minimum Gasteiger partial charge on any atom is -0.490 e. The molecular weight excluding hydrogens is 332 g/mol. The third-order valence-corrected chi connectivity index (χ3v) is 6.06. The average Bonchev–Trinajstić information content (AvgIpc) is 3.30. The van der Waals surface area contributed by atoms with Crippen molar-refractivity contribution in [2.24, 2.45) is 10.8 Å². The fourth-order valence-electron chi connectivity index (χ4n) is 4.14. The van der Waals surface area contributed by atoms with E-state index in [-0.39, 0.29) is 17.6 Å². The molecular formula is C20H28N2O4. The van der Waals surface area contributed by atoms with Crippen LogP contribution in [0.3, 0.4) is 0 Å². The van der Waals surface area contributed by atoms with Crippen molar-refractivity contribution in [3.8, 4) is 5.75 Å². The van der Waals surface area contributed by atoms with Gasteiger partial charge in [-0.25, -0.2) is 4.79 Å². The van der Waals surface area contributed by atoms with Crippen LogP contribution >= 0.6 is 0 Å². The first-order valence-corrected chi connectivity index (χ1v) is 9.43. The molecule has 2 aliphatic carbocycles. The zero-order chi connectivity index (χ0) is 18.6. The molecule has 1 amide bonds. The Morgan fingerprint density at radius 3 is 2.69 bits per heavy atom. The molecule has 0 radical (unpaired) electrons. The zero-order valence-electron chi connectivity index (χ0n) is 15.8. The number of carbonyl (C=O) groups is 1. The van der Waals surface area contributed by atoms with E-state index in [1.54, 1.807) is 11.1 Å². The number of aromatic nitrogens is 1. The SMILES string of the molecule is CC(C)(C)OC(=O)N1CC[C@H]1COc1cncc(CC23CC2(CO)C3)c1. The van der Waals surface area contributed by atoms with E-state index in [1.807, 2.05) is 33.0 Å². The normalized spacial score (nSPS) is 31.7. The van der Waals surface area contributed by atoms with Gasteiger partial charge in [-0.15, -0.1) is 0 Å². The maximum atomic E-state index is 12.2. The molecule has 0 aromatic carbocycles. The van der Waals surface area contributed by atoms with Crippen LogP contribution in [0.2, 0.25) is 0 Å². The second-order valence-electron chi connectivity index (χ2n) is 9.21. The van der Waals surface area contributed by atoms with Crippen molar-refractivity contribution in [3.63, 3.8) is 0 Å². The van der Waals surface area contributed by atoms with Crippen molar-refractivity contribution in [2.45, 2.75) is 58.1 Å². The average molecular weight is 360 g/mol. The lowest BCUT2D eigenvalue weighted by molar-refractivity contribution is -0.0141. The third kappa shape index (κ3) is 3.15. The van der Waals surface area contributed by atoms with Gasteiger partial charge in [-0.05, 0) is 63.5 Å². The summed E-state index contributed by atoms with van der Waals surface area (Å²) in [5, 5.41) is 9.44. The largest absolute Gasteiger partial charge is 0.490 e. The summed E-state index contributed by atoms with van der Waals surface area (Å²) in [6.45, 7) is 7.09. The molecule has 4 rings (SSSR count). The van der Waals surface area contributed by atoms with Crippen LogP contribution in [0.25, 0.3) is 0 Å². The quantitative estimate of drug-likeness (QED) is 0.845. The van der Waals surface area contributed by atoms with E-state index in [1.165, 1.54) is 0 Å². The first-order chi connectivity index (χ1) is 12.3. The number of amides is 1. The van der Waals surface area contributed by atoms with Crippen molar-refractivity contribution < 1.29 is 19.4 Å². The number of rotatable bonds is 6. The second kappa shape index (κ2) is 5.84. The molecule has 1 saturated heterocycles. The minimum atomic E-state index is -0.481. The highest BCUT2D eigenvalue weighted by molar-refractivity contribution is 5.69. The zero-order valence-corrected chi connectivity index (χ0v) is 15.8. The Bertz CT molecular complexity index is 706. The van der Waals surface area contributed by atoms with Gasteiger partial charge in [0.2, 0.25) is 0 Å². The molecule has 1 aliphatic heterocycles. The van der Waals surface area contributed by atoms with Gasteiger partial charge in [0.25, 0.3) is 0 Å². The van der Waals surface area contributed by atoms with E-state index in [2.05, 4.69) is 4.98 Å². The molecule has 1 N–H and O–H groups in total. The molecule has 3 fully saturated rings. The van der Waals surface area contributed by atoms with Gasteiger partial charge in [0.15, 0.2) is 0 Å². The van der Waals surface area contributed by atoms with Gasteiger partial charge in [-0.1, -0.05) is 0 Å². The number of likely N-dealkylation sites (tertiary alicyclic amines) is 1. The van der Waals surface area contributed by atoms with Gasteiger partial charge < -0.3 is 19.5 Å². The Kier molecular flexibility index (Phi) is 3.95. The lowest BCUT2D eigenvalue weighted by Gasteiger charge is -2.40. The molecule has 2 heterocycles. The predicted molar refractivity (Wildman–Crippen MR) is 96.0 cm³/mol. The minimum absolute atomic E-state index is 0.0565. The number of hydrogen-bond acceptors (Lipinski definition) is 5. The number of nitrogens with zero attached hydrogens (tertiary/aromatic N) is 2. The van der Waals surface area contributed by atoms with Gasteiger partial charge in [0.05, 0.1) is 12.2 Å². The molecule has 0 unspecified atom stereocenters. The van der Waals surface area contributed by atoms with Crippen LogP contribution in [0, 0.1) is 10.8 Å². The number of carbonyl (C=O) groups excluding carboxylic acids is 1. The van der Waals surface area contributed by atoms with Crippen LogP contribution in [-0.2, 0) is 11.2 Å². The summed E-state index contributed by atoms with van der Waals surface area (Å²) in [6.07, 6.45) is 7.49. The molecule has 2 saturated carbocycles. The number of pyridine rings is 1. The lowest BCUT2D eigenvalue weighted by Crippen LogP contribution is -2.55. The van der Waals surface area contributed by atoms with Crippen molar-refractivity contribution in [1.29, 1.82) is 0 Å². The molecule has 0 spiro atoms. The Labute approximate surface area is 154 Å². The Hall–Kier alpha value is -1.82. The lowest BCUT2D eigenvalue weighted by atomic mass is 10.0. The topological polar surface area (TPSA) is 71.9 Å². The van der Waals surface area contributed by atoms with Crippen molar-refractivity contribution in [3.05, 3.63) is 24.0 Å². The highest BCUT2D eigenvalue weighted by Crippen LogP contribution is 2.86. The predicted octanol–water partition coefficient (Wildman–Crippen LogP) is 2.78. The van der Waals surface area contributed by atoms with Crippen LogP contribution in [0.15, 0.2) is 18.5 Å². The molecule has 1 aromatic rings. The summed E-state index contributed by atoms with van der Waals surface area (Å²) >= 11 is 0. The third-order valence-electron chi connectivity index (χ3n) is 6.06. The Morgan fingerprint density at radius 2 is 2.12 bits per heavy atom. The number of hydrogen-bond donors (Lipinski definition) is 1. The van der Waals surface area contributed by atoms with E-state index < -0.39 is 5.60 Å². The maximum absolute atomic E-state index is 12.2. The molecule has 6 heteroatoms. The molecule has 0 bridgehead atoms. The first-order valence-electron chi connectivity index (χ1n) is 9.43. The van der Waals surface area contributed by atoms with Crippen LogP contribution in [-0.4, -0.2) is 52.5 Å². The molecule has 1 aromatic heterocycles. The second-order valence-corrected chi connectivity index (χ2v) is 9.21. The highest BCUT2D eigenvalue weighted by atomic mass is 16.6. The Balaban J connectivity index is 1.29. The van der Waals surface area contributed by atoms with E-state index >= 15 is 0 Å². The van der Waals surface area contributed by atoms with Crippen LogP contribution in [0.4, 0.5) is 4.79 Å². The van der Waals surface area contributed by atoms with Gasteiger partial charge in [0, 0.05) is 24.8 Å². The van der Waals surface area contributed by atoms with E-state index in [4.69, 9.17) is 9.47 Å². The monoisotopic (exact) mass is 360 g/mol. The molecule has 6 nitrogen and oxygen atoms in total.